The number of hydrogen-bond donors (Lipinski definition) is 1. The average Bonchev–Trinajstić information content (AvgIpc) is 2.93. The minimum absolute atomic E-state index is 0.202. The number of amides is 1. The van der Waals surface area contributed by atoms with Gasteiger partial charge in [-0.15, -0.1) is 11.3 Å². The summed E-state index contributed by atoms with van der Waals surface area (Å²) in [7, 11) is 0. The molecule has 2 aromatic rings. The monoisotopic (exact) mass is 264 g/mol. The molecule has 3 rings (SSSR count). The van der Waals surface area contributed by atoms with Crippen molar-refractivity contribution in [3.8, 4) is 0 Å². The van der Waals surface area contributed by atoms with E-state index in [9.17, 15) is 4.79 Å². The number of fused-ring (bicyclic) bond motifs is 1. The van der Waals surface area contributed by atoms with Crippen LogP contribution in [0.4, 0.5) is 5.69 Å². The number of benzene rings is 1. The minimum atomic E-state index is 0.202. The zero-order valence-corrected chi connectivity index (χ0v) is 10.9. The smallest absolute Gasteiger partial charge is 0.227 e. The molecule has 0 saturated carbocycles. The standard InChI is InChI=1S/C12H12N2OS2/c15-12-3-8(6-16)5-14(12)9-1-2-10-11(4-9)17-7-13-10/h1-2,4,7-8,16H,3,5-6H2. The Morgan fingerprint density at radius 2 is 2.41 bits per heavy atom. The predicted molar refractivity (Wildman–Crippen MR) is 73.9 cm³/mol. The van der Waals surface area contributed by atoms with Crippen molar-refractivity contribution in [2.45, 2.75) is 6.42 Å². The first-order valence-corrected chi connectivity index (χ1v) is 7.03. The number of carbonyl (C=O) groups is 1. The highest BCUT2D eigenvalue weighted by Crippen LogP contribution is 2.29. The lowest BCUT2D eigenvalue weighted by molar-refractivity contribution is -0.117. The SMILES string of the molecule is O=C1CC(CS)CN1c1ccc2ncsc2c1. The van der Waals surface area contributed by atoms with E-state index in [4.69, 9.17) is 0 Å². The van der Waals surface area contributed by atoms with Crippen molar-refractivity contribution in [2.24, 2.45) is 5.92 Å². The lowest BCUT2D eigenvalue weighted by atomic mass is 10.1. The number of nitrogens with zero attached hydrogens (tertiary/aromatic N) is 2. The molecule has 88 valence electrons. The number of rotatable bonds is 2. The van der Waals surface area contributed by atoms with Gasteiger partial charge in [0.05, 0.1) is 15.7 Å². The Morgan fingerprint density at radius 1 is 1.53 bits per heavy atom. The summed E-state index contributed by atoms with van der Waals surface area (Å²) in [6.07, 6.45) is 0.615. The summed E-state index contributed by atoms with van der Waals surface area (Å²) in [4.78, 5) is 18.0. The van der Waals surface area contributed by atoms with Crippen LogP contribution in [-0.4, -0.2) is 23.2 Å². The van der Waals surface area contributed by atoms with Gasteiger partial charge in [0.25, 0.3) is 0 Å². The van der Waals surface area contributed by atoms with Crippen LogP contribution >= 0.6 is 24.0 Å². The van der Waals surface area contributed by atoms with E-state index in [-0.39, 0.29) is 5.91 Å². The molecule has 1 atom stereocenters. The molecule has 1 aliphatic heterocycles. The van der Waals surface area contributed by atoms with Crippen LogP contribution in [0.2, 0.25) is 0 Å². The van der Waals surface area contributed by atoms with Crippen molar-refractivity contribution in [3.63, 3.8) is 0 Å². The molecular formula is C12H12N2OS2. The van der Waals surface area contributed by atoms with Gasteiger partial charge in [-0.05, 0) is 29.9 Å². The van der Waals surface area contributed by atoms with Crippen molar-refractivity contribution >= 4 is 45.8 Å². The molecule has 3 nitrogen and oxygen atoms in total. The molecule has 17 heavy (non-hydrogen) atoms. The third-order valence-electron chi connectivity index (χ3n) is 3.09. The zero-order valence-electron chi connectivity index (χ0n) is 9.17. The molecule has 1 saturated heterocycles. The Hall–Kier alpha value is -1.07. The van der Waals surface area contributed by atoms with Gasteiger partial charge in [0, 0.05) is 18.7 Å². The van der Waals surface area contributed by atoms with E-state index >= 15 is 0 Å². The molecule has 0 radical (unpaired) electrons. The Bertz CT molecular complexity index is 566. The summed E-state index contributed by atoms with van der Waals surface area (Å²) in [6, 6.07) is 6.00. The topological polar surface area (TPSA) is 33.2 Å². The summed E-state index contributed by atoms with van der Waals surface area (Å²) in [5.41, 5.74) is 3.81. The minimum Gasteiger partial charge on any atom is -0.312 e. The molecule has 2 heterocycles. The Labute approximate surface area is 109 Å². The van der Waals surface area contributed by atoms with Crippen LogP contribution in [0.3, 0.4) is 0 Å². The maximum Gasteiger partial charge on any atom is 0.227 e. The first-order valence-electron chi connectivity index (χ1n) is 5.52. The van der Waals surface area contributed by atoms with Gasteiger partial charge in [-0.3, -0.25) is 4.79 Å². The molecule has 0 aliphatic carbocycles. The summed E-state index contributed by atoms with van der Waals surface area (Å²) >= 11 is 5.88. The van der Waals surface area contributed by atoms with Gasteiger partial charge in [-0.25, -0.2) is 4.98 Å². The zero-order chi connectivity index (χ0) is 11.8. The fraction of sp³-hybridized carbons (Fsp3) is 0.333. The number of carbonyl (C=O) groups excluding carboxylic acids is 1. The van der Waals surface area contributed by atoms with Crippen LogP contribution in [0.1, 0.15) is 6.42 Å². The molecule has 0 spiro atoms. The lowest BCUT2D eigenvalue weighted by Gasteiger charge is -2.16. The van der Waals surface area contributed by atoms with E-state index in [0.717, 1.165) is 28.2 Å². The third kappa shape index (κ3) is 1.93. The quantitative estimate of drug-likeness (QED) is 0.846. The molecular weight excluding hydrogens is 252 g/mol. The molecule has 5 heteroatoms. The van der Waals surface area contributed by atoms with E-state index in [1.54, 1.807) is 11.3 Å². The van der Waals surface area contributed by atoms with Gasteiger partial charge in [-0.2, -0.15) is 12.6 Å². The third-order valence-corrected chi connectivity index (χ3v) is 4.40. The number of aromatic nitrogens is 1. The van der Waals surface area contributed by atoms with Crippen LogP contribution in [0.15, 0.2) is 23.7 Å². The first-order chi connectivity index (χ1) is 8.28. The highest BCUT2D eigenvalue weighted by Gasteiger charge is 2.29. The second-order valence-electron chi connectivity index (χ2n) is 4.26. The van der Waals surface area contributed by atoms with E-state index in [2.05, 4.69) is 17.6 Å². The van der Waals surface area contributed by atoms with Crippen LogP contribution < -0.4 is 4.90 Å². The van der Waals surface area contributed by atoms with E-state index in [1.165, 1.54) is 0 Å². The molecule has 1 aliphatic rings. The van der Waals surface area contributed by atoms with Crippen molar-refractivity contribution in [1.29, 1.82) is 0 Å². The Balaban J connectivity index is 1.95. The molecule has 1 aromatic carbocycles. The maximum atomic E-state index is 11.9. The Morgan fingerprint density at radius 3 is 3.18 bits per heavy atom. The van der Waals surface area contributed by atoms with Gasteiger partial charge in [0.2, 0.25) is 5.91 Å². The van der Waals surface area contributed by atoms with Gasteiger partial charge in [-0.1, -0.05) is 0 Å². The lowest BCUT2D eigenvalue weighted by Crippen LogP contribution is -2.24. The second-order valence-corrected chi connectivity index (χ2v) is 5.51. The molecule has 1 aromatic heterocycles. The van der Waals surface area contributed by atoms with E-state index in [1.807, 2.05) is 28.6 Å². The molecule has 0 N–H and O–H groups in total. The van der Waals surface area contributed by atoms with Gasteiger partial charge < -0.3 is 4.90 Å². The average molecular weight is 264 g/mol. The van der Waals surface area contributed by atoms with Crippen molar-refractivity contribution in [3.05, 3.63) is 23.7 Å². The molecule has 1 amide bonds. The molecule has 1 fully saturated rings. The second kappa shape index (κ2) is 4.31. The highest BCUT2D eigenvalue weighted by atomic mass is 32.1. The number of thiazole rings is 1. The van der Waals surface area contributed by atoms with E-state index < -0.39 is 0 Å². The molecule has 0 bridgehead atoms. The fourth-order valence-electron chi connectivity index (χ4n) is 2.17. The van der Waals surface area contributed by atoms with Crippen LogP contribution in [0, 0.1) is 5.92 Å². The van der Waals surface area contributed by atoms with Crippen molar-refractivity contribution < 1.29 is 4.79 Å². The molecule has 1 unspecified atom stereocenters. The van der Waals surface area contributed by atoms with Gasteiger partial charge in [0.15, 0.2) is 0 Å². The van der Waals surface area contributed by atoms with E-state index in [0.29, 0.717) is 12.3 Å². The maximum absolute atomic E-state index is 11.9. The highest BCUT2D eigenvalue weighted by molar-refractivity contribution is 7.80. The normalized spacial score (nSPS) is 20.4. The van der Waals surface area contributed by atoms with Gasteiger partial charge >= 0.3 is 0 Å². The Kier molecular flexibility index (Phi) is 2.80. The van der Waals surface area contributed by atoms with Crippen molar-refractivity contribution in [2.75, 3.05) is 17.2 Å². The van der Waals surface area contributed by atoms with Crippen LogP contribution in [-0.2, 0) is 4.79 Å². The largest absolute Gasteiger partial charge is 0.312 e. The summed E-state index contributed by atoms with van der Waals surface area (Å²) in [5.74, 6) is 1.35. The van der Waals surface area contributed by atoms with Gasteiger partial charge in [0.1, 0.15) is 0 Å². The summed E-state index contributed by atoms with van der Waals surface area (Å²) in [5, 5.41) is 0. The van der Waals surface area contributed by atoms with Crippen molar-refractivity contribution in [1.82, 2.24) is 4.98 Å². The summed E-state index contributed by atoms with van der Waals surface area (Å²) in [6.45, 7) is 0.784. The first kappa shape index (κ1) is 11.0. The number of hydrogen-bond acceptors (Lipinski definition) is 4. The number of thiol groups is 1. The predicted octanol–water partition coefficient (Wildman–Crippen LogP) is 2.58. The van der Waals surface area contributed by atoms with Crippen LogP contribution in [0.25, 0.3) is 10.2 Å². The van der Waals surface area contributed by atoms with Crippen LogP contribution in [0.5, 0.6) is 0 Å². The fourth-order valence-corrected chi connectivity index (χ4v) is 3.12. The summed E-state index contributed by atoms with van der Waals surface area (Å²) < 4.78 is 1.13. The number of anilines is 1.